The summed E-state index contributed by atoms with van der Waals surface area (Å²) in [5, 5.41) is 12.5. The second-order valence-electron chi connectivity index (χ2n) is 11.9. The normalized spacial score (nSPS) is 50.4. The smallest absolute Gasteiger partial charge is 0.305 e. The first-order valence-electron chi connectivity index (χ1n) is 11.9. The first-order chi connectivity index (χ1) is 13.5. The molecule has 9 rings (SSSR count). The van der Waals surface area contributed by atoms with Gasteiger partial charge in [0.1, 0.15) is 23.5 Å². The Kier molecular flexibility index (Phi) is 3.08. The SMILES string of the molecule is O=C([O-])c1n(C23CC4CC(CC(C4)C2)C3)cc[n+]1C12CC3CC(CC(C3)C1)C2. The molecule has 0 aromatic carbocycles. The minimum atomic E-state index is -0.948. The maximum absolute atomic E-state index is 12.5. The first-order valence-corrected chi connectivity index (χ1v) is 11.9. The molecule has 8 aliphatic carbocycles. The van der Waals surface area contributed by atoms with Gasteiger partial charge < -0.3 is 9.90 Å². The highest BCUT2D eigenvalue weighted by molar-refractivity contribution is 5.80. The van der Waals surface area contributed by atoms with Crippen LogP contribution in [0.15, 0.2) is 12.4 Å². The summed E-state index contributed by atoms with van der Waals surface area (Å²) in [5.74, 6) is 4.45. The molecule has 1 aromatic rings. The number of aromatic carboxylic acids is 1. The van der Waals surface area contributed by atoms with Crippen molar-refractivity contribution in [3.63, 3.8) is 0 Å². The molecule has 0 saturated heterocycles. The van der Waals surface area contributed by atoms with Crippen molar-refractivity contribution in [1.82, 2.24) is 4.57 Å². The van der Waals surface area contributed by atoms with E-state index in [0.717, 1.165) is 35.5 Å². The Bertz CT molecular complexity index is 721. The number of carboxylic acid groups (broad SMARTS) is 1. The van der Waals surface area contributed by atoms with Crippen molar-refractivity contribution >= 4 is 5.97 Å². The molecule has 0 radical (unpaired) electrons. The summed E-state index contributed by atoms with van der Waals surface area (Å²) in [5.41, 5.74) is 0.107. The van der Waals surface area contributed by atoms with Crippen LogP contribution in [0.1, 0.15) is 87.7 Å². The Morgan fingerprint density at radius 3 is 1.68 bits per heavy atom. The number of carbonyl (C=O) groups is 1. The number of carbonyl (C=O) groups excluding carboxylic acids is 1. The van der Waals surface area contributed by atoms with Crippen molar-refractivity contribution in [3.05, 3.63) is 18.2 Å². The average Bonchev–Trinajstić information content (AvgIpc) is 3.06. The molecule has 8 aliphatic rings. The zero-order valence-electron chi connectivity index (χ0n) is 16.8. The van der Waals surface area contributed by atoms with E-state index in [2.05, 4.69) is 21.5 Å². The molecule has 1 heterocycles. The zero-order chi connectivity index (χ0) is 18.7. The van der Waals surface area contributed by atoms with Crippen LogP contribution in [0.4, 0.5) is 0 Å². The molecule has 150 valence electrons. The van der Waals surface area contributed by atoms with E-state index >= 15 is 0 Å². The minimum Gasteiger partial charge on any atom is -0.538 e. The molecular formula is C24H32N2O2. The Labute approximate surface area is 167 Å². The quantitative estimate of drug-likeness (QED) is 0.757. The fourth-order valence-electron chi connectivity index (χ4n) is 10.1. The monoisotopic (exact) mass is 380 g/mol. The highest BCUT2D eigenvalue weighted by Gasteiger charge is 2.59. The maximum Gasteiger partial charge on any atom is 0.305 e. The van der Waals surface area contributed by atoms with Gasteiger partial charge >= 0.3 is 5.82 Å². The van der Waals surface area contributed by atoms with Gasteiger partial charge in [-0.05, 0) is 113 Å². The van der Waals surface area contributed by atoms with Gasteiger partial charge in [-0.1, -0.05) is 0 Å². The van der Waals surface area contributed by atoms with Crippen molar-refractivity contribution in [2.24, 2.45) is 35.5 Å². The van der Waals surface area contributed by atoms with Crippen molar-refractivity contribution in [2.75, 3.05) is 0 Å². The summed E-state index contributed by atoms with van der Waals surface area (Å²) < 4.78 is 4.46. The van der Waals surface area contributed by atoms with Crippen molar-refractivity contribution in [2.45, 2.75) is 88.1 Å². The van der Waals surface area contributed by atoms with Crippen LogP contribution in [0.25, 0.3) is 0 Å². The summed E-state index contributed by atoms with van der Waals surface area (Å²) in [6.07, 6.45) is 19.7. The average molecular weight is 381 g/mol. The molecule has 0 atom stereocenters. The van der Waals surface area contributed by atoms with E-state index in [1.54, 1.807) is 0 Å². The molecule has 1 aromatic heterocycles. The Hall–Kier alpha value is -1.32. The largest absolute Gasteiger partial charge is 0.538 e. The predicted octanol–water partition coefficient (Wildman–Crippen LogP) is 2.99. The number of nitrogens with zero attached hydrogens (tertiary/aromatic N) is 2. The third-order valence-corrected chi connectivity index (χ3v) is 10.0. The van der Waals surface area contributed by atoms with Gasteiger partial charge in [-0.3, -0.25) is 0 Å². The van der Waals surface area contributed by atoms with Gasteiger partial charge in [-0.25, -0.2) is 9.13 Å². The molecule has 4 nitrogen and oxygen atoms in total. The lowest BCUT2D eigenvalue weighted by Gasteiger charge is -2.56. The van der Waals surface area contributed by atoms with E-state index in [9.17, 15) is 9.90 Å². The van der Waals surface area contributed by atoms with Crippen molar-refractivity contribution in [1.29, 1.82) is 0 Å². The molecule has 0 amide bonds. The fraction of sp³-hybridized carbons (Fsp3) is 0.833. The standard InChI is InChI=1S/C24H32N2O2/c27-22(28)21-25(23-9-15-3-16(10-23)5-17(4-15)11-23)1-2-26(21)24-12-18-6-19(13-24)8-20(7-18)14-24/h1-2,15-20H,3-14H2. The molecule has 0 N–H and O–H groups in total. The van der Waals surface area contributed by atoms with Crippen LogP contribution in [-0.4, -0.2) is 10.5 Å². The number of carboxylic acids is 1. The van der Waals surface area contributed by atoms with Crippen LogP contribution in [-0.2, 0) is 11.1 Å². The zero-order valence-corrected chi connectivity index (χ0v) is 16.8. The van der Waals surface area contributed by atoms with Crippen molar-refractivity contribution in [3.8, 4) is 0 Å². The predicted molar refractivity (Wildman–Crippen MR) is 101 cm³/mol. The van der Waals surface area contributed by atoms with Crippen LogP contribution >= 0.6 is 0 Å². The first kappa shape index (κ1) is 16.5. The minimum absolute atomic E-state index is 0.0533. The third-order valence-electron chi connectivity index (χ3n) is 10.0. The molecule has 28 heavy (non-hydrogen) atoms. The highest BCUT2D eigenvalue weighted by Crippen LogP contribution is 2.60. The van der Waals surface area contributed by atoms with Gasteiger partial charge in [0.2, 0.25) is 0 Å². The molecule has 8 fully saturated rings. The van der Waals surface area contributed by atoms with Crippen molar-refractivity contribution < 1.29 is 14.5 Å². The Morgan fingerprint density at radius 2 is 1.25 bits per heavy atom. The molecule has 0 spiro atoms. The lowest BCUT2D eigenvalue weighted by Crippen LogP contribution is -2.67. The van der Waals surface area contributed by atoms with Gasteiger partial charge in [0.25, 0.3) is 0 Å². The number of hydrogen-bond donors (Lipinski definition) is 0. The van der Waals surface area contributed by atoms with Crippen LogP contribution in [0.5, 0.6) is 0 Å². The summed E-state index contributed by atoms with van der Waals surface area (Å²) in [4.78, 5) is 12.5. The lowest BCUT2D eigenvalue weighted by molar-refractivity contribution is -0.779. The number of rotatable bonds is 3. The third kappa shape index (κ3) is 2.07. The molecular weight excluding hydrogens is 348 g/mol. The Morgan fingerprint density at radius 1 is 0.821 bits per heavy atom. The van der Waals surface area contributed by atoms with Gasteiger partial charge in [0.15, 0.2) is 5.97 Å². The van der Waals surface area contributed by atoms with Crippen LogP contribution < -0.4 is 9.67 Å². The second kappa shape index (κ2) is 5.23. The number of imidazole rings is 1. The van der Waals surface area contributed by atoms with E-state index < -0.39 is 5.97 Å². The van der Waals surface area contributed by atoms with Crippen LogP contribution in [0.2, 0.25) is 0 Å². The topological polar surface area (TPSA) is 48.9 Å². The van der Waals surface area contributed by atoms with Crippen LogP contribution in [0.3, 0.4) is 0 Å². The van der Waals surface area contributed by atoms with Gasteiger partial charge in [-0.15, -0.1) is 0 Å². The fourth-order valence-corrected chi connectivity index (χ4v) is 10.1. The van der Waals surface area contributed by atoms with Gasteiger partial charge in [0, 0.05) is 0 Å². The van der Waals surface area contributed by atoms with Crippen LogP contribution in [0, 0.1) is 35.5 Å². The van der Waals surface area contributed by atoms with E-state index in [1.165, 1.54) is 77.0 Å². The number of hydrogen-bond acceptors (Lipinski definition) is 2. The molecule has 8 bridgehead atoms. The van der Waals surface area contributed by atoms with E-state index in [0.29, 0.717) is 5.82 Å². The summed E-state index contributed by atoms with van der Waals surface area (Å²) in [7, 11) is 0. The summed E-state index contributed by atoms with van der Waals surface area (Å²) in [6, 6.07) is 0. The van der Waals surface area contributed by atoms with E-state index in [1.807, 2.05) is 0 Å². The second-order valence-corrected chi connectivity index (χ2v) is 11.9. The summed E-state index contributed by atoms with van der Waals surface area (Å²) >= 11 is 0. The summed E-state index contributed by atoms with van der Waals surface area (Å²) in [6.45, 7) is 0. The highest BCUT2D eigenvalue weighted by atomic mass is 16.4. The number of aromatic nitrogens is 2. The Balaban J connectivity index is 1.35. The van der Waals surface area contributed by atoms with E-state index in [4.69, 9.17) is 0 Å². The van der Waals surface area contributed by atoms with Gasteiger partial charge in [-0.2, -0.15) is 0 Å². The molecule has 8 saturated carbocycles. The lowest BCUT2D eigenvalue weighted by atomic mass is 9.52. The molecule has 4 heteroatoms. The maximum atomic E-state index is 12.5. The van der Waals surface area contributed by atoms with Gasteiger partial charge in [0.05, 0.1) is 0 Å². The molecule has 0 aliphatic heterocycles. The van der Waals surface area contributed by atoms with E-state index in [-0.39, 0.29) is 11.1 Å². The molecule has 0 unspecified atom stereocenters.